The predicted molar refractivity (Wildman–Crippen MR) is 100.0 cm³/mol. The lowest BCUT2D eigenvalue weighted by atomic mass is 10.1. The first-order valence-electron chi connectivity index (χ1n) is 8.92. The number of thioether (sulfide) groups is 1. The first-order chi connectivity index (χ1) is 11.6. The fraction of sp³-hybridized carbons (Fsp3) is 0.706. The number of hydrogen-bond donors (Lipinski definition) is 1. The third kappa shape index (κ3) is 4.32. The highest BCUT2D eigenvalue weighted by atomic mass is 32.2. The SMILES string of the molecule is CCCCCCCCn1c(SCCC)nc2c1c(=O)[nH]c(=O)n2C. The number of aromatic nitrogens is 4. The fourth-order valence-electron chi connectivity index (χ4n) is 2.78. The molecule has 0 unspecified atom stereocenters. The second-order valence-electron chi connectivity index (χ2n) is 6.15. The van der Waals surface area contributed by atoms with Crippen LogP contribution in [0.5, 0.6) is 0 Å². The van der Waals surface area contributed by atoms with Gasteiger partial charge < -0.3 is 4.57 Å². The van der Waals surface area contributed by atoms with Gasteiger partial charge in [0.15, 0.2) is 16.3 Å². The Kier molecular flexibility index (Phi) is 7.15. The van der Waals surface area contributed by atoms with Crippen molar-refractivity contribution in [3.63, 3.8) is 0 Å². The molecule has 134 valence electrons. The highest BCUT2D eigenvalue weighted by molar-refractivity contribution is 7.99. The molecule has 0 spiro atoms. The van der Waals surface area contributed by atoms with Gasteiger partial charge >= 0.3 is 5.69 Å². The Balaban J connectivity index is 2.26. The van der Waals surface area contributed by atoms with Crippen LogP contribution in [0.2, 0.25) is 0 Å². The van der Waals surface area contributed by atoms with Gasteiger partial charge in [-0.1, -0.05) is 57.7 Å². The number of imidazole rings is 1. The van der Waals surface area contributed by atoms with Gasteiger partial charge in [0.05, 0.1) is 0 Å². The van der Waals surface area contributed by atoms with Crippen molar-refractivity contribution in [1.82, 2.24) is 19.1 Å². The van der Waals surface area contributed by atoms with Crippen LogP contribution in [0, 0.1) is 0 Å². The van der Waals surface area contributed by atoms with E-state index in [0.717, 1.165) is 36.7 Å². The number of aromatic amines is 1. The molecule has 2 aromatic heterocycles. The number of H-pyrrole nitrogens is 1. The molecule has 0 saturated heterocycles. The number of fused-ring (bicyclic) bond motifs is 1. The Bertz CT molecular complexity index is 775. The normalized spacial score (nSPS) is 11.5. The molecule has 0 amide bonds. The number of nitrogens with zero attached hydrogens (tertiary/aromatic N) is 3. The number of aryl methyl sites for hydroxylation is 2. The molecule has 0 aromatic carbocycles. The molecular weight excluding hydrogens is 324 g/mol. The lowest BCUT2D eigenvalue weighted by molar-refractivity contribution is 0.544. The minimum absolute atomic E-state index is 0.338. The van der Waals surface area contributed by atoms with Crippen LogP contribution in [0.25, 0.3) is 11.2 Å². The summed E-state index contributed by atoms with van der Waals surface area (Å²) in [5.41, 5.74) is 0.247. The van der Waals surface area contributed by atoms with Gasteiger partial charge in [-0.3, -0.25) is 14.3 Å². The van der Waals surface area contributed by atoms with E-state index in [1.54, 1.807) is 18.8 Å². The van der Waals surface area contributed by atoms with E-state index in [0.29, 0.717) is 11.2 Å². The van der Waals surface area contributed by atoms with Gasteiger partial charge in [0.2, 0.25) is 0 Å². The molecule has 7 heteroatoms. The quantitative estimate of drug-likeness (QED) is 0.526. The molecule has 0 aliphatic carbocycles. The highest BCUT2D eigenvalue weighted by Gasteiger charge is 2.17. The molecule has 2 rings (SSSR count). The van der Waals surface area contributed by atoms with Crippen LogP contribution in [0.15, 0.2) is 14.7 Å². The van der Waals surface area contributed by atoms with E-state index in [2.05, 4.69) is 23.8 Å². The lowest BCUT2D eigenvalue weighted by Crippen LogP contribution is -2.29. The Labute approximate surface area is 146 Å². The minimum atomic E-state index is -0.413. The second kappa shape index (κ2) is 9.11. The number of nitrogens with one attached hydrogen (secondary N) is 1. The van der Waals surface area contributed by atoms with Gasteiger partial charge in [0.25, 0.3) is 5.56 Å². The molecular formula is C17H28N4O2S. The average molecular weight is 353 g/mol. The van der Waals surface area contributed by atoms with E-state index < -0.39 is 5.69 Å². The maximum atomic E-state index is 12.3. The smallest absolute Gasteiger partial charge is 0.313 e. The van der Waals surface area contributed by atoms with Gasteiger partial charge in [-0.25, -0.2) is 9.78 Å². The zero-order valence-electron chi connectivity index (χ0n) is 14.9. The van der Waals surface area contributed by atoms with E-state index in [1.165, 1.54) is 30.3 Å². The summed E-state index contributed by atoms with van der Waals surface area (Å²) < 4.78 is 3.41. The first kappa shape index (κ1) is 18.8. The molecule has 0 saturated carbocycles. The third-order valence-electron chi connectivity index (χ3n) is 4.14. The Morgan fingerprint density at radius 1 is 1.04 bits per heavy atom. The zero-order valence-corrected chi connectivity index (χ0v) is 15.7. The van der Waals surface area contributed by atoms with Gasteiger partial charge in [0.1, 0.15) is 0 Å². The number of hydrogen-bond acceptors (Lipinski definition) is 4. The number of unbranched alkanes of at least 4 members (excludes halogenated alkanes) is 5. The molecule has 2 aromatic rings. The summed E-state index contributed by atoms with van der Waals surface area (Å²) in [5, 5.41) is 0.840. The molecule has 2 heterocycles. The summed E-state index contributed by atoms with van der Waals surface area (Å²) in [4.78, 5) is 31.1. The number of rotatable bonds is 10. The van der Waals surface area contributed by atoms with Crippen LogP contribution in [-0.4, -0.2) is 24.9 Å². The summed E-state index contributed by atoms with van der Waals surface area (Å²) >= 11 is 1.65. The minimum Gasteiger partial charge on any atom is -0.313 e. The molecule has 1 N–H and O–H groups in total. The topological polar surface area (TPSA) is 72.7 Å². The van der Waals surface area contributed by atoms with Crippen LogP contribution < -0.4 is 11.2 Å². The van der Waals surface area contributed by atoms with Crippen LogP contribution >= 0.6 is 11.8 Å². The van der Waals surface area contributed by atoms with E-state index in [1.807, 2.05) is 4.57 Å². The summed E-state index contributed by atoms with van der Waals surface area (Å²) in [7, 11) is 1.65. The molecule has 0 bridgehead atoms. The Morgan fingerprint density at radius 3 is 2.46 bits per heavy atom. The van der Waals surface area contributed by atoms with Gasteiger partial charge in [0, 0.05) is 19.3 Å². The van der Waals surface area contributed by atoms with Gasteiger partial charge in [-0.05, 0) is 12.8 Å². The van der Waals surface area contributed by atoms with Crippen molar-refractivity contribution in [2.75, 3.05) is 5.75 Å². The van der Waals surface area contributed by atoms with Crippen molar-refractivity contribution in [1.29, 1.82) is 0 Å². The van der Waals surface area contributed by atoms with Crippen molar-refractivity contribution >= 4 is 22.9 Å². The van der Waals surface area contributed by atoms with Gasteiger partial charge in [-0.15, -0.1) is 0 Å². The van der Waals surface area contributed by atoms with Crippen molar-refractivity contribution in [3.05, 3.63) is 20.8 Å². The monoisotopic (exact) mass is 352 g/mol. The first-order valence-corrected chi connectivity index (χ1v) is 9.91. The summed E-state index contributed by atoms with van der Waals surface area (Å²) in [5.74, 6) is 0.950. The second-order valence-corrected chi connectivity index (χ2v) is 7.21. The summed E-state index contributed by atoms with van der Waals surface area (Å²) in [6.45, 7) is 5.11. The van der Waals surface area contributed by atoms with Crippen LogP contribution in [0.1, 0.15) is 58.8 Å². The standard InChI is InChI=1S/C17H28N4O2S/c1-4-6-7-8-9-10-11-21-13-14(18-17(21)24-12-5-2)20(3)16(23)19-15(13)22/h4-12H2,1-3H3,(H,19,22,23). The molecule has 6 nitrogen and oxygen atoms in total. The van der Waals surface area contributed by atoms with Crippen molar-refractivity contribution in [2.45, 2.75) is 70.5 Å². The van der Waals surface area contributed by atoms with E-state index in [-0.39, 0.29) is 5.56 Å². The molecule has 0 aliphatic heterocycles. The van der Waals surface area contributed by atoms with Crippen molar-refractivity contribution in [3.8, 4) is 0 Å². The largest absolute Gasteiger partial charge is 0.329 e. The van der Waals surface area contributed by atoms with Crippen LogP contribution in [0.3, 0.4) is 0 Å². The average Bonchev–Trinajstić information content (AvgIpc) is 2.93. The Morgan fingerprint density at radius 2 is 1.75 bits per heavy atom. The molecule has 0 radical (unpaired) electrons. The van der Waals surface area contributed by atoms with Crippen LogP contribution in [0.4, 0.5) is 0 Å². The van der Waals surface area contributed by atoms with E-state index >= 15 is 0 Å². The fourth-order valence-corrected chi connectivity index (χ4v) is 3.65. The molecule has 24 heavy (non-hydrogen) atoms. The van der Waals surface area contributed by atoms with E-state index in [9.17, 15) is 9.59 Å². The summed E-state index contributed by atoms with van der Waals surface area (Å²) in [6, 6.07) is 0. The van der Waals surface area contributed by atoms with Crippen LogP contribution in [-0.2, 0) is 13.6 Å². The third-order valence-corrected chi connectivity index (χ3v) is 5.32. The maximum Gasteiger partial charge on any atom is 0.329 e. The van der Waals surface area contributed by atoms with Crippen molar-refractivity contribution in [2.24, 2.45) is 7.05 Å². The molecule has 0 atom stereocenters. The van der Waals surface area contributed by atoms with Gasteiger partial charge in [-0.2, -0.15) is 0 Å². The summed E-state index contributed by atoms with van der Waals surface area (Å²) in [6.07, 6.45) is 8.25. The highest BCUT2D eigenvalue weighted by Crippen LogP contribution is 2.23. The van der Waals surface area contributed by atoms with E-state index in [4.69, 9.17) is 0 Å². The lowest BCUT2D eigenvalue weighted by Gasteiger charge is -2.08. The molecule has 0 aliphatic rings. The van der Waals surface area contributed by atoms with Crippen molar-refractivity contribution < 1.29 is 0 Å². The molecule has 0 fully saturated rings. The maximum absolute atomic E-state index is 12.3. The zero-order chi connectivity index (χ0) is 17.5. The predicted octanol–water partition coefficient (Wildman–Crippen LogP) is 3.29. The Hall–Kier alpha value is -1.50.